The second-order valence-corrected chi connectivity index (χ2v) is 4.60. The Balaban J connectivity index is 2.26. The predicted octanol–water partition coefficient (Wildman–Crippen LogP) is 3.71. The van der Waals surface area contributed by atoms with Crippen molar-refractivity contribution in [1.82, 2.24) is 9.97 Å². The van der Waals surface area contributed by atoms with E-state index in [4.69, 9.17) is 11.6 Å². The number of rotatable bonds is 2. The molecule has 0 radical (unpaired) electrons. The van der Waals surface area contributed by atoms with Crippen LogP contribution in [0.2, 0.25) is 5.15 Å². The molecule has 2 aromatic rings. The first-order chi connectivity index (χ1) is 9.77. The smallest absolute Gasteiger partial charge is 0.321 e. The standard InChI is InChI=1S/C13H9ClF3N3O/c1-7-2-3-8(4-9(7)13(15,16)17)19-12(21)10-5-18-6-11(14)20-10/h2-6H,1H3,(H,19,21). The summed E-state index contributed by atoms with van der Waals surface area (Å²) in [5.74, 6) is -0.693. The molecule has 1 N–H and O–H groups in total. The van der Waals surface area contributed by atoms with Crippen molar-refractivity contribution < 1.29 is 18.0 Å². The number of halogens is 4. The highest BCUT2D eigenvalue weighted by molar-refractivity contribution is 6.29. The first-order valence-electron chi connectivity index (χ1n) is 5.74. The molecular weight excluding hydrogens is 307 g/mol. The molecule has 0 unspecified atom stereocenters. The van der Waals surface area contributed by atoms with Gasteiger partial charge in [0, 0.05) is 5.69 Å². The molecule has 0 atom stereocenters. The van der Waals surface area contributed by atoms with E-state index in [1.54, 1.807) is 0 Å². The molecule has 1 aromatic heterocycles. The normalized spacial score (nSPS) is 11.3. The van der Waals surface area contributed by atoms with Gasteiger partial charge in [-0.1, -0.05) is 17.7 Å². The molecule has 0 aliphatic heterocycles. The molecule has 1 amide bonds. The Morgan fingerprint density at radius 1 is 1.29 bits per heavy atom. The third-order valence-corrected chi connectivity index (χ3v) is 2.82. The summed E-state index contributed by atoms with van der Waals surface area (Å²) in [4.78, 5) is 19.3. The Bertz CT molecular complexity index is 689. The highest BCUT2D eigenvalue weighted by Crippen LogP contribution is 2.33. The Hall–Kier alpha value is -2.15. The third kappa shape index (κ3) is 3.69. The van der Waals surface area contributed by atoms with Gasteiger partial charge in [-0.15, -0.1) is 0 Å². The number of hydrogen-bond donors (Lipinski definition) is 1. The van der Waals surface area contributed by atoms with E-state index in [-0.39, 0.29) is 22.1 Å². The summed E-state index contributed by atoms with van der Waals surface area (Å²) in [5, 5.41) is 2.34. The lowest BCUT2D eigenvalue weighted by Crippen LogP contribution is -2.15. The number of carbonyl (C=O) groups excluding carboxylic acids is 1. The van der Waals surface area contributed by atoms with E-state index in [0.29, 0.717) is 0 Å². The van der Waals surface area contributed by atoms with Gasteiger partial charge in [-0.3, -0.25) is 9.78 Å². The zero-order valence-corrected chi connectivity index (χ0v) is 11.5. The van der Waals surface area contributed by atoms with E-state index >= 15 is 0 Å². The van der Waals surface area contributed by atoms with Crippen molar-refractivity contribution in [2.45, 2.75) is 13.1 Å². The summed E-state index contributed by atoms with van der Waals surface area (Å²) in [7, 11) is 0. The van der Waals surface area contributed by atoms with Crippen LogP contribution in [-0.4, -0.2) is 15.9 Å². The fraction of sp³-hybridized carbons (Fsp3) is 0.154. The maximum absolute atomic E-state index is 12.8. The lowest BCUT2D eigenvalue weighted by molar-refractivity contribution is -0.138. The first-order valence-corrected chi connectivity index (χ1v) is 6.12. The largest absolute Gasteiger partial charge is 0.416 e. The van der Waals surface area contributed by atoms with Crippen LogP contribution in [0.3, 0.4) is 0 Å². The number of nitrogens with zero attached hydrogens (tertiary/aromatic N) is 2. The van der Waals surface area contributed by atoms with E-state index in [0.717, 1.165) is 6.07 Å². The van der Waals surface area contributed by atoms with Crippen LogP contribution >= 0.6 is 11.6 Å². The summed E-state index contributed by atoms with van der Waals surface area (Å²) in [6.07, 6.45) is -2.08. The van der Waals surface area contributed by atoms with Crippen molar-refractivity contribution in [3.05, 3.63) is 52.6 Å². The molecular formula is C13H9ClF3N3O. The predicted molar refractivity (Wildman–Crippen MR) is 71.2 cm³/mol. The van der Waals surface area contributed by atoms with Crippen molar-refractivity contribution in [3.8, 4) is 0 Å². The minimum atomic E-state index is -4.49. The van der Waals surface area contributed by atoms with Gasteiger partial charge in [-0.05, 0) is 24.6 Å². The molecule has 0 bridgehead atoms. The van der Waals surface area contributed by atoms with Gasteiger partial charge in [-0.2, -0.15) is 13.2 Å². The van der Waals surface area contributed by atoms with E-state index < -0.39 is 17.6 Å². The molecule has 0 saturated carbocycles. The second-order valence-electron chi connectivity index (χ2n) is 4.21. The number of carbonyl (C=O) groups is 1. The minimum Gasteiger partial charge on any atom is -0.321 e. The monoisotopic (exact) mass is 315 g/mol. The van der Waals surface area contributed by atoms with Crippen molar-refractivity contribution in [1.29, 1.82) is 0 Å². The number of hydrogen-bond acceptors (Lipinski definition) is 3. The Kier molecular flexibility index (Phi) is 4.13. The van der Waals surface area contributed by atoms with E-state index in [1.807, 2.05) is 0 Å². The Labute approximate surface area is 123 Å². The highest BCUT2D eigenvalue weighted by atomic mass is 35.5. The molecule has 1 aromatic carbocycles. The highest BCUT2D eigenvalue weighted by Gasteiger charge is 2.32. The maximum atomic E-state index is 12.8. The summed E-state index contributed by atoms with van der Waals surface area (Å²) < 4.78 is 38.4. The van der Waals surface area contributed by atoms with Gasteiger partial charge in [0.15, 0.2) is 0 Å². The zero-order chi connectivity index (χ0) is 15.6. The van der Waals surface area contributed by atoms with Gasteiger partial charge in [0.05, 0.1) is 18.0 Å². The number of alkyl halides is 3. The molecule has 1 heterocycles. The molecule has 0 aliphatic rings. The Morgan fingerprint density at radius 2 is 2.00 bits per heavy atom. The zero-order valence-electron chi connectivity index (χ0n) is 10.7. The fourth-order valence-electron chi connectivity index (χ4n) is 1.65. The topological polar surface area (TPSA) is 54.9 Å². The van der Waals surface area contributed by atoms with Crippen molar-refractivity contribution in [2.75, 3.05) is 5.32 Å². The maximum Gasteiger partial charge on any atom is 0.416 e. The molecule has 0 aliphatic carbocycles. The van der Waals surface area contributed by atoms with Crippen molar-refractivity contribution in [3.63, 3.8) is 0 Å². The average molecular weight is 316 g/mol. The fourth-order valence-corrected chi connectivity index (χ4v) is 1.80. The van der Waals surface area contributed by atoms with Crippen LogP contribution in [0, 0.1) is 6.92 Å². The number of aromatic nitrogens is 2. The summed E-state index contributed by atoms with van der Waals surface area (Å²) in [6.45, 7) is 1.34. The van der Waals surface area contributed by atoms with Crippen LogP contribution in [0.1, 0.15) is 21.6 Å². The van der Waals surface area contributed by atoms with Crippen LogP contribution in [0.15, 0.2) is 30.6 Å². The van der Waals surface area contributed by atoms with Crippen LogP contribution < -0.4 is 5.32 Å². The van der Waals surface area contributed by atoms with Gasteiger partial charge < -0.3 is 5.32 Å². The molecule has 21 heavy (non-hydrogen) atoms. The second kappa shape index (κ2) is 5.69. The van der Waals surface area contributed by atoms with Gasteiger partial charge in [0.2, 0.25) is 0 Å². The van der Waals surface area contributed by atoms with Gasteiger partial charge in [0.1, 0.15) is 10.8 Å². The van der Waals surface area contributed by atoms with Crippen molar-refractivity contribution >= 4 is 23.2 Å². The molecule has 2 rings (SSSR count). The molecule has 0 fully saturated rings. The van der Waals surface area contributed by atoms with Crippen LogP contribution in [0.4, 0.5) is 18.9 Å². The first kappa shape index (κ1) is 15.2. The molecule has 0 spiro atoms. The molecule has 8 heteroatoms. The van der Waals surface area contributed by atoms with E-state index in [1.165, 1.54) is 31.5 Å². The van der Waals surface area contributed by atoms with E-state index in [9.17, 15) is 18.0 Å². The molecule has 110 valence electrons. The summed E-state index contributed by atoms with van der Waals surface area (Å²) in [5.41, 5.74) is -0.808. The lowest BCUT2D eigenvalue weighted by Gasteiger charge is -2.12. The number of nitrogens with one attached hydrogen (secondary N) is 1. The minimum absolute atomic E-state index is 0.0136. The molecule has 4 nitrogen and oxygen atoms in total. The van der Waals surface area contributed by atoms with Gasteiger partial charge in [0.25, 0.3) is 5.91 Å². The van der Waals surface area contributed by atoms with Crippen LogP contribution in [-0.2, 0) is 6.18 Å². The third-order valence-electron chi connectivity index (χ3n) is 2.64. The average Bonchev–Trinajstić information content (AvgIpc) is 2.39. The van der Waals surface area contributed by atoms with Gasteiger partial charge >= 0.3 is 6.18 Å². The summed E-state index contributed by atoms with van der Waals surface area (Å²) >= 11 is 5.60. The number of aryl methyl sites for hydroxylation is 1. The van der Waals surface area contributed by atoms with Gasteiger partial charge in [-0.25, -0.2) is 4.98 Å². The van der Waals surface area contributed by atoms with Crippen molar-refractivity contribution in [2.24, 2.45) is 0 Å². The number of benzene rings is 1. The van der Waals surface area contributed by atoms with E-state index in [2.05, 4.69) is 15.3 Å². The Morgan fingerprint density at radius 3 is 2.62 bits per heavy atom. The molecule has 0 saturated heterocycles. The van der Waals surface area contributed by atoms with Crippen LogP contribution in [0.5, 0.6) is 0 Å². The summed E-state index contributed by atoms with van der Waals surface area (Å²) in [6, 6.07) is 3.52. The SMILES string of the molecule is Cc1ccc(NC(=O)c2cncc(Cl)n2)cc1C(F)(F)F. The lowest BCUT2D eigenvalue weighted by atomic mass is 10.1. The quantitative estimate of drug-likeness (QED) is 0.919. The number of anilines is 1. The van der Waals surface area contributed by atoms with Crippen LogP contribution in [0.25, 0.3) is 0 Å². The number of amides is 1.